The van der Waals surface area contributed by atoms with Crippen LogP contribution in [0.3, 0.4) is 0 Å². The van der Waals surface area contributed by atoms with Gasteiger partial charge < -0.3 is 0 Å². The smallest absolute Gasteiger partial charge is 0.264 e. The average Bonchev–Trinajstić information content (AvgIpc) is 2.85. The molecule has 1 unspecified atom stereocenters. The van der Waals surface area contributed by atoms with E-state index in [0.717, 1.165) is 18.4 Å². The van der Waals surface area contributed by atoms with Crippen molar-refractivity contribution in [1.29, 1.82) is 0 Å². The topological polar surface area (TPSA) is 58.5 Å². The highest BCUT2D eigenvalue weighted by Gasteiger charge is 2.33. The van der Waals surface area contributed by atoms with Crippen molar-refractivity contribution in [2.24, 2.45) is 4.99 Å². The Morgan fingerprint density at radius 2 is 1.65 bits per heavy atom. The Bertz CT molecular complexity index is 943. The third kappa shape index (κ3) is 3.88. The molecule has 0 amide bonds. The van der Waals surface area contributed by atoms with E-state index in [2.05, 4.69) is 23.8 Å². The molecule has 1 aliphatic rings. The van der Waals surface area contributed by atoms with Gasteiger partial charge in [0.25, 0.3) is 10.0 Å². The van der Waals surface area contributed by atoms with E-state index in [0.29, 0.717) is 21.9 Å². The van der Waals surface area contributed by atoms with Crippen LogP contribution in [0.5, 0.6) is 0 Å². The van der Waals surface area contributed by atoms with Gasteiger partial charge in [0, 0.05) is 5.57 Å². The first-order chi connectivity index (χ1) is 12.4. The quantitative estimate of drug-likeness (QED) is 0.864. The maximum atomic E-state index is 12.6. The summed E-state index contributed by atoms with van der Waals surface area (Å²) in [4.78, 5) is 5.05. The van der Waals surface area contributed by atoms with Gasteiger partial charge in [-0.3, -0.25) is 9.71 Å². The van der Waals surface area contributed by atoms with Gasteiger partial charge in [-0.25, -0.2) is 8.42 Å². The van der Waals surface area contributed by atoms with Crippen molar-refractivity contribution < 1.29 is 8.42 Å². The Hall–Kier alpha value is -2.40. The molecule has 1 heterocycles. The van der Waals surface area contributed by atoms with E-state index in [1.165, 1.54) is 5.56 Å². The first kappa shape index (κ1) is 18.4. The number of aliphatic imine (C=N–C) groups is 1. The van der Waals surface area contributed by atoms with Crippen LogP contribution in [0, 0.1) is 6.92 Å². The van der Waals surface area contributed by atoms with Crippen LogP contribution in [0.4, 0.5) is 0 Å². The number of hydrogen-bond acceptors (Lipinski definition) is 3. The van der Waals surface area contributed by atoms with Crippen molar-refractivity contribution in [3.8, 4) is 0 Å². The maximum Gasteiger partial charge on any atom is 0.264 e. The van der Waals surface area contributed by atoms with Crippen LogP contribution >= 0.6 is 0 Å². The van der Waals surface area contributed by atoms with Gasteiger partial charge in [-0.15, -0.1) is 0 Å². The Labute approximate surface area is 155 Å². The van der Waals surface area contributed by atoms with Crippen molar-refractivity contribution >= 4 is 20.8 Å². The summed E-state index contributed by atoms with van der Waals surface area (Å²) in [7, 11) is -3.58. The van der Waals surface area contributed by atoms with Gasteiger partial charge in [-0.2, -0.15) is 0 Å². The summed E-state index contributed by atoms with van der Waals surface area (Å²) in [5.74, 6) is 0.461. The standard InChI is InChI=1S/C21H24N2O2S/c1-4-19(14-17-8-6-5-7-9-17)22-21-16(3)20(26(24,25)23-21)18-12-10-15(2)11-13-18/h5-13,19H,4,14H2,1-3H3,(H,22,23). The molecule has 136 valence electrons. The van der Waals surface area contributed by atoms with Gasteiger partial charge in [-0.05, 0) is 37.8 Å². The van der Waals surface area contributed by atoms with E-state index in [4.69, 9.17) is 4.99 Å². The molecule has 1 atom stereocenters. The Kier molecular flexibility index (Phi) is 5.28. The van der Waals surface area contributed by atoms with Crippen molar-refractivity contribution in [2.45, 2.75) is 39.7 Å². The molecule has 0 saturated heterocycles. The molecule has 0 saturated carbocycles. The zero-order valence-corrected chi connectivity index (χ0v) is 16.2. The summed E-state index contributed by atoms with van der Waals surface area (Å²) in [5, 5.41) is 0. The van der Waals surface area contributed by atoms with Gasteiger partial charge >= 0.3 is 0 Å². The number of sulfonamides is 1. The van der Waals surface area contributed by atoms with Gasteiger partial charge in [0.15, 0.2) is 0 Å². The molecule has 4 nitrogen and oxygen atoms in total. The SMILES string of the molecule is CCC(Cc1ccccc1)N=C1NS(=O)(=O)C(c2ccc(C)cc2)=C1C. The Morgan fingerprint density at radius 1 is 1.00 bits per heavy atom. The molecule has 26 heavy (non-hydrogen) atoms. The predicted molar refractivity (Wildman–Crippen MR) is 107 cm³/mol. The number of aryl methyl sites for hydroxylation is 1. The number of hydrogen-bond donors (Lipinski definition) is 1. The lowest BCUT2D eigenvalue weighted by molar-refractivity contribution is 0.602. The first-order valence-electron chi connectivity index (χ1n) is 8.83. The fourth-order valence-electron chi connectivity index (χ4n) is 3.11. The van der Waals surface area contributed by atoms with Crippen LogP contribution in [-0.2, 0) is 16.4 Å². The molecule has 3 rings (SSSR count). The molecule has 0 fully saturated rings. The number of rotatable bonds is 5. The monoisotopic (exact) mass is 368 g/mol. The molecule has 1 aliphatic heterocycles. The summed E-state index contributed by atoms with van der Waals surface area (Å²) in [6.07, 6.45) is 1.63. The van der Waals surface area contributed by atoms with Crippen molar-refractivity contribution in [2.75, 3.05) is 0 Å². The summed E-state index contributed by atoms with van der Waals surface area (Å²) in [5.41, 5.74) is 3.67. The van der Waals surface area contributed by atoms with Gasteiger partial charge in [0.2, 0.25) is 0 Å². The highest BCUT2D eigenvalue weighted by molar-refractivity contribution is 8.00. The van der Waals surface area contributed by atoms with E-state index in [9.17, 15) is 8.42 Å². The van der Waals surface area contributed by atoms with Crippen molar-refractivity contribution in [3.05, 3.63) is 76.9 Å². The van der Waals surface area contributed by atoms with Crippen LogP contribution in [-0.4, -0.2) is 20.3 Å². The fraction of sp³-hybridized carbons (Fsp3) is 0.286. The summed E-state index contributed by atoms with van der Waals surface area (Å²) < 4.78 is 27.9. The Morgan fingerprint density at radius 3 is 2.27 bits per heavy atom. The summed E-state index contributed by atoms with van der Waals surface area (Å²) in [6.45, 7) is 5.87. The lowest BCUT2D eigenvalue weighted by Crippen LogP contribution is -2.25. The van der Waals surface area contributed by atoms with Gasteiger partial charge in [0.05, 0.1) is 6.04 Å². The second-order valence-electron chi connectivity index (χ2n) is 6.66. The number of nitrogens with zero attached hydrogens (tertiary/aromatic N) is 1. The average molecular weight is 369 g/mol. The van der Waals surface area contributed by atoms with Crippen LogP contribution < -0.4 is 4.72 Å². The molecule has 0 aliphatic carbocycles. The molecule has 0 spiro atoms. The number of benzene rings is 2. The Balaban J connectivity index is 1.94. The second-order valence-corrected chi connectivity index (χ2v) is 8.27. The second kappa shape index (κ2) is 7.46. The number of amidine groups is 1. The largest absolute Gasteiger partial charge is 0.264 e. The summed E-state index contributed by atoms with van der Waals surface area (Å²) >= 11 is 0. The van der Waals surface area contributed by atoms with Gasteiger partial charge in [-0.1, -0.05) is 67.1 Å². The fourth-order valence-corrected chi connectivity index (χ4v) is 4.62. The van der Waals surface area contributed by atoms with Gasteiger partial charge in [0.1, 0.15) is 10.7 Å². The molecule has 0 bridgehead atoms. The number of nitrogens with one attached hydrogen (secondary N) is 1. The minimum Gasteiger partial charge on any atom is -0.264 e. The predicted octanol–water partition coefficient (Wildman–Crippen LogP) is 4.08. The van der Waals surface area contributed by atoms with Crippen LogP contribution in [0.1, 0.15) is 37.0 Å². The van der Waals surface area contributed by atoms with E-state index >= 15 is 0 Å². The zero-order chi connectivity index (χ0) is 18.7. The molecular formula is C21H24N2O2S. The molecule has 2 aromatic rings. The first-order valence-corrected chi connectivity index (χ1v) is 10.3. The molecule has 2 aromatic carbocycles. The molecule has 1 N–H and O–H groups in total. The van der Waals surface area contributed by atoms with Crippen LogP contribution in [0.15, 0.2) is 65.2 Å². The highest BCUT2D eigenvalue weighted by atomic mass is 32.2. The van der Waals surface area contributed by atoms with E-state index in [1.54, 1.807) is 0 Å². The van der Waals surface area contributed by atoms with Crippen molar-refractivity contribution in [1.82, 2.24) is 4.72 Å². The van der Waals surface area contributed by atoms with Crippen LogP contribution in [0.25, 0.3) is 4.91 Å². The van der Waals surface area contributed by atoms with Crippen molar-refractivity contribution in [3.63, 3.8) is 0 Å². The summed E-state index contributed by atoms with van der Waals surface area (Å²) in [6, 6.07) is 17.7. The highest BCUT2D eigenvalue weighted by Crippen LogP contribution is 2.30. The zero-order valence-electron chi connectivity index (χ0n) is 15.4. The lowest BCUT2D eigenvalue weighted by atomic mass is 10.0. The lowest BCUT2D eigenvalue weighted by Gasteiger charge is -2.12. The van der Waals surface area contributed by atoms with E-state index < -0.39 is 10.0 Å². The van der Waals surface area contributed by atoms with E-state index in [-0.39, 0.29) is 6.04 Å². The minimum absolute atomic E-state index is 0.0300. The van der Waals surface area contributed by atoms with E-state index in [1.807, 2.05) is 56.3 Å². The maximum absolute atomic E-state index is 12.6. The molecule has 5 heteroatoms. The minimum atomic E-state index is -3.58. The normalized spacial score (nSPS) is 18.8. The third-order valence-electron chi connectivity index (χ3n) is 4.61. The third-order valence-corrected chi connectivity index (χ3v) is 6.15. The van der Waals surface area contributed by atoms with Crippen LogP contribution in [0.2, 0.25) is 0 Å². The molecule has 0 radical (unpaired) electrons. The molecule has 0 aromatic heterocycles. The molecular weight excluding hydrogens is 344 g/mol.